The van der Waals surface area contributed by atoms with E-state index in [2.05, 4.69) is 10.3 Å². The zero-order valence-electron chi connectivity index (χ0n) is 17.5. The molecule has 3 aromatic rings. The fourth-order valence-corrected chi connectivity index (χ4v) is 3.53. The predicted molar refractivity (Wildman–Crippen MR) is 119 cm³/mol. The summed E-state index contributed by atoms with van der Waals surface area (Å²) >= 11 is 6.08. The Kier molecular flexibility index (Phi) is 7.47. The first-order chi connectivity index (χ1) is 14.9. The zero-order valence-corrected chi connectivity index (χ0v) is 18.2. The number of carboxylic acids is 1. The van der Waals surface area contributed by atoms with Crippen molar-refractivity contribution in [2.24, 2.45) is 5.92 Å². The van der Waals surface area contributed by atoms with E-state index in [0.29, 0.717) is 30.2 Å². The van der Waals surface area contributed by atoms with E-state index < -0.39 is 17.8 Å². The molecule has 0 unspecified atom stereocenters. The predicted octanol–water partition coefficient (Wildman–Crippen LogP) is 5.01. The van der Waals surface area contributed by atoms with E-state index >= 15 is 0 Å². The van der Waals surface area contributed by atoms with Crippen LogP contribution in [0.15, 0.2) is 59.1 Å². The summed E-state index contributed by atoms with van der Waals surface area (Å²) in [6, 6.07) is 15.2. The molecule has 1 aromatic heterocycles. The molecule has 1 amide bonds. The first kappa shape index (κ1) is 22.6. The van der Waals surface area contributed by atoms with Gasteiger partial charge in [-0.15, -0.1) is 0 Å². The molecule has 2 aromatic carbocycles. The number of hydrogen-bond donors (Lipinski definition) is 2. The topological polar surface area (TPSA) is 92.4 Å². The molecule has 0 aliphatic heterocycles. The Hall–Kier alpha value is -3.12. The molecule has 6 nitrogen and oxygen atoms in total. The lowest BCUT2D eigenvalue weighted by atomic mass is 9.95. The number of aromatic nitrogens is 1. The monoisotopic (exact) mass is 440 g/mol. The summed E-state index contributed by atoms with van der Waals surface area (Å²) in [5, 5.41) is 12.9. The molecule has 0 bridgehead atoms. The van der Waals surface area contributed by atoms with Gasteiger partial charge in [-0.05, 0) is 41.7 Å². The van der Waals surface area contributed by atoms with Crippen molar-refractivity contribution in [2.75, 3.05) is 0 Å². The van der Waals surface area contributed by atoms with Gasteiger partial charge in [0, 0.05) is 17.5 Å². The standard InChI is InChI=1S/C24H25ClN2O4/c1-3-22-26-14-21(31-22)23(28)27-20(11-15(2)24(29)30)12-16-7-9-17(10-8-16)18-5-4-6-19(25)13-18/h4-10,13-15,20H,3,11-12H2,1-2H3,(H,27,28)(H,29,30)/t15-,20+/m1/s1. The van der Waals surface area contributed by atoms with Crippen molar-refractivity contribution in [3.05, 3.63) is 77.0 Å². The summed E-state index contributed by atoms with van der Waals surface area (Å²) in [5.74, 6) is -1.29. The zero-order chi connectivity index (χ0) is 22.4. The van der Waals surface area contributed by atoms with Gasteiger partial charge in [-0.1, -0.05) is 61.8 Å². The summed E-state index contributed by atoms with van der Waals surface area (Å²) in [5.41, 5.74) is 3.03. The van der Waals surface area contributed by atoms with Crippen LogP contribution < -0.4 is 5.32 Å². The van der Waals surface area contributed by atoms with Gasteiger partial charge >= 0.3 is 5.97 Å². The molecule has 162 valence electrons. The third-order valence-electron chi connectivity index (χ3n) is 5.07. The third-order valence-corrected chi connectivity index (χ3v) is 5.30. The van der Waals surface area contributed by atoms with Crippen molar-refractivity contribution in [3.8, 4) is 11.1 Å². The van der Waals surface area contributed by atoms with Crippen LogP contribution in [0.3, 0.4) is 0 Å². The number of halogens is 1. The molecule has 0 aliphatic carbocycles. The van der Waals surface area contributed by atoms with E-state index in [1.54, 1.807) is 6.92 Å². The van der Waals surface area contributed by atoms with Gasteiger partial charge in [-0.2, -0.15) is 0 Å². The maximum absolute atomic E-state index is 12.6. The van der Waals surface area contributed by atoms with Gasteiger partial charge in [-0.3, -0.25) is 9.59 Å². The minimum Gasteiger partial charge on any atom is -0.481 e. The fraction of sp³-hybridized carbons (Fsp3) is 0.292. The lowest BCUT2D eigenvalue weighted by Gasteiger charge is -2.20. The van der Waals surface area contributed by atoms with E-state index in [4.69, 9.17) is 16.0 Å². The van der Waals surface area contributed by atoms with Crippen LogP contribution in [0.2, 0.25) is 5.02 Å². The number of rotatable bonds is 9. The first-order valence-corrected chi connectivity index (χ1v) is 10.6. The largest absolute Gasteiger partial charge is 0.481 e. The Morgan fingerprint density at radius 1 is 1.16 bits per heavy atom. The average Bonchev–Trinajstić information content (AvgIpc) is 3.23. The van der Waals surface area contributed by atoms with Gasteiger partial charge in [0.1, 0.15) is 0 Å². The van der Waals surface area contributed by atoms with Crippen LogP contribution in [0.4, 0.5) is 0 Å². The van der Waals surface area contributed by atoms with E-state index in [1.807, 2.05) is 55.5 Å². The van der Waals surface area contributed by atoms with Crippen LogP contribution in [0.1, 0.15) is 42.3 Å². The van der Waals surface area contributed by atoms with Crippen LogP contribution in [-0.4, -0.2) is 28.0 Å². The normalized spacial score (nSPS) is 12.9. The maximum Gasteiger partial charge on any atom is 0.306 e. The Balaban J connectivity index is 1.74. The molecule has 1 heterocycles. The molecular formula is C24H25ClN2O4. The molecule has 0 fully saturated rings. The first-order valence-electron chi connectivity index (χ1n) is 10.2. The molecule has 0 spiro atoms. The second kappa shape index (κ2) is 10.3. The number of carbonyl (C=O) groups is 2. The lowest BCUT2D eigenvalue weighted by Crippen LogP contribution is -2.38. The van der Waals surface area contributed by atoms with Gasteiger partial charge in [0.2, 0.25) is 5.76 Å². The van der Waals surface area contributed by atoms with E-state index in [9.17, 15) is 14.7 Å². The number of aliphatic carboxylic acids is 1. The molecule has 0 saturated carbocycles. The smallest absolute Gasteiger partial charge is 0.306 e. The molecule has 7 heteroatoms. The van der Waals surface area contributed by atoms with Crippen LogP contribution in [-0.2, 0) is 17.6 Å². The molecule has 3 rings (SSSR count). The molecule has 0 aliphatic rings. The quantitative estimate of drug-likeness (QED) is 0.488. The highest BCUT2D eigenvalue weighted by Gasteiger charge is 2.22. The Morgan fingerprint density at radius 2 is 1.90 bits per heavy atom. The number of aryl methyl sites for hydroxylation is 1. The number of carboxylic acid groups (broad SMARTS) is 1. The lowest BCUT2D eigenvalue weighted by molar-refractivity contribution is -0.141. The second-order valence-corrected chi connectivity index (χ2v) is 7.97. The van der Waals surface area contributed by atoms with Crippen molar-refractivity contribution < 1.29 is 19.1 Å². The van der Waals surface area contributed by atoms with Gasteiger partial charge < -0.3 is 14.8 Å². The minimum absolute atomic E-state index is 0.126. The van der Waals surface area contributed by atoms with Crippen LogP contribution in [0.25, 0.3) is 11.1 Å². The minimum atomic E-state index is -0.900. The molecule has 2 atom stereocenters. The van der Waals surface area contributed by atoms with Crippen molar-refractivity contribution >= 4 is 23.5 Å². The second-order valence-electron chi connectivity index (χ2n) is 7.53. The number of oxazole rings is 1. The van der Waals surface area contributed by atoms with Gasteiger partial charge in [-0.25, -0.2) is 4.98 Å². The SMILES string of the molecule is CCc1ncc(C(=O)N[C@H](Cc2ccc(-c3cccc(Cl)c3)cc2)C[C@@H](C)C(=O)O)o1. The average molecular weight is 441 g/mol. The number of amides is 1. The van der Waals surface area contributed by atoms with Crippen molar-refractivity contribution in [1.29, 1.82) is 0 Å². The van der Waals surface area contributed by atoms with Crippen molar-refractivity contribution in [2.45, 2.75) is 39.2 Å². The summed E-state index contributed by atoms with van der Waals surface area (Å²) in [6.45, 7) is 3.52. The highest BCUT2D eigenvalue weighted by molar-refractivity contribution is 6.30. The van der Waals surface area contributed by atoms with E-state index in [0.717, 1.165) is 16.7 Å². The number of benzene rings is 2. The van der Waals surface area contributed by atoms with Gasteiger partial charge in [0.15, 0.2) is 5.89 Å². The number of hydrogen-bond acceptors (Lipinski definition) is 4. The summed E-state index contributed by atoms with van der Waals surface area (Å²) in [4.78, 5) is 28.0. The third kappa shape index (κ3) is 6.18. The molecule has 31 heavy (non-hydrogen) atoms. The number of nitrogens with one attached hydrogen (secondary N) is 1. The van der Waals surface area contributed by atoms with Crippen molar-refractivity contribution in [1.82, 2.24) is 10.3 Å². The van der Waals surface area contributed by atoms with Crippen LogP contribution in [0.5, 0.6) is 0 Å². The maximum atomic E-state index is 12.6. The van der Waals surface area contributed by atoms with Gasteiger partial charge in [0.25, 0.3) is 5.91 Å². The highest BCUT2D eigenvalue weighted by Crippen LogP contribution is 2.24. The number of carbonyl (C=O) groups excluding carboxylic acids is 1. The van der Waals surface area contributed by atoms with Gasteiger partial charge in [0.05, 0.1) is 12.1 Å². The Labute approximate surface area is 186 Å². The fourth-order valence-electron chi connectivity index (χ4n) is 3.34. The number of nitrogens with zero attached hydrogens (tertiary/aromatic N) is 1. The molecule has 2 N–H and O–H groups in total. The van der Waals surface area contributed by atoms with E-state index in [-0.39, 0.29) is 11.8 Å². The molecular weight excluding hydrogens is 416 g/mol. The summed E-state index contributed by atoms with van der Waals surface area (Å²) in [6.07, 6.45) is 2.78. The van der Waals surface area contributed by atoms with E-state index in [1.165, 1.54) is 6.20 Å². The van der Waals surface area contributed by atoms with Crippen LogP contribution >= 0.6 is 11.6 Å². The van der Waals surface area contributed by atoms with Crippen LogP contribution in [0, 0.1) is 5.92 Å². The molecule has 0 radical (unpaired) electrons. The van der Waals surface area contributed by atoms with Crippen molar-refractivity contribution in [3.63, 3.8) is 0 Å². The highest BCUT2D eigenvalue weighted by atomic mass is 35.5. The Morgan fingerprint density at radius 3 is 2.52 bits per heavy atom. The molecule has 0 saturated heterocycles. The summed E-state index contributed by atoms with van der Waals surface area (Å²) < 4.78 is 5.42. The Bertz CT molecular complexity index is 1050. The summed E-state index contributed by atoms with van der Waals surface area (Å²) in [7, 11) is 0.